The van der Waals surface area contributed by atoms with Gasteiger partial charge in [0.15, 0.2) is 5.16 Å². The number of carbonyl (C=O) groups is 2. The lowest BCUT2D eigenvalue weighted by atomic mass is 10.1. The first-order chi connectivity index (χ1) is 13.4. The number of amides is 2. The maximum atomic E-state index is 14.4. The topological polar surface area (TPSA) is 75.2 Å². The van der Waals surface area contributed by atoms with Crippen LogP contribution in [0.3, 0.4) is 0 Å². The van der Waals surface area contributed by atoms with Crippen LogP contribution >= 0.6 is 11.8 Å². The molecule has 2 heterocycles. The summed E-state index contributed by atoms with van der Waals surface area (Å²) in [7, 11) is 0. The molecule has 2 amide bonds. The zero-order valence-corrected chi connectivity index (χ0v) is 17.0. The SMILES string of the molecule is CSc1nc(C)c(CCC(=O)Nc2ccc(N3CCCC3=O)c(F)c2)c(C)n1. The zero-order valence-electron chi connectivity index (χ0n) is 16.2. The van der Waals surface area contributed by atoms with Crippen molar-refractivity contribution < 1.29 is 14.0 Å². The molecular weight excluding hydrogens is 379 g/mol. The summed E-state index contributed by atoms with van der Waals surface area (Å²) in [5, 5.41) is 3.43. The van der Waals surface area contributed by atoms with E-state index in [1.165, 1.54) is 28.8 Å². The number of benzene rings is 1. The Hall–Kier alpha value is -2.48. The van der Waals surface area contributed by atoms with Crippen LogP contribution in [0, 0.1) is 19.7 Å². The van der Waals surface area contributed by atoms with E-state index in [0.29, 0.717) is 25.1 Å². The van der Waals surface area contributed by atoms with Gasteiger partial charge >= 0.3 is 0 Å². The highest BCUT2D eigenvalue weighted by Crippen LogP contribution is 2.27. The molecule has 1 N–H and O–H groups in total. The second-order valence-electron chi connectivity index (χ2n) is 6.72. The van der Waals surface area contributed by atoms with E-state index in [1.54, 1.807) is 6.07 Å². The molecule has 0 atom stereocenters. The summed E-state index contributed by atoms with van der Waals surface area (Å²) in [4.78, 5) is 34.4. The van der Waals surface area contributed by atoms with Gasteiger partial charge in [-0.1, -0.05) is 11.8 Å². The van der Waals surface area contributed by atoms with E-state index in [9.17, 15) is 14.0 Å². The molecule has 3 rings (SSSR count). The van der Waals surface area contributed by atoms with Crippen molar-refractivity contribution in [1.82, 2.24) is 9.97 Å². The molecule has 0 bridgehead atoms. The largest absolute Gasteiger partial charge is 0.326 e. The van der Waals surface area contributed by atoms with Gasteiger partial charge in [0.25, 0.3) is 0 Å². The van der Waals surface area contributed by atoms with E-state index in [1.807, 2.05) is 20.1 Å². The van der Waals surface area contributed by atoms with Gasteiger partial charge in [-0.25, -0.2) is 14.4 Å². The average Bonchev–Trinajstić information content (AvgIpc) is 3.06. The monoisotopic (exact) mass is 402 g/mol. The van der Waals surface area contributed by atoms with Crippen LogP contribution in [0.25, 0.3) is 0 Å². The summed E-state index contributed by atoms with van der Waals surface area (Å²) in [5.41, 5.74) is 3.34. The predicted octanol–water partition coefficient (Wildman–Crippen LogP) is 3.65. The molecule has 0 aliphatic carbocycles. The molecule has 8 heteroatoms. The van der Waals surface area contributed by atoms with Gasteiger partial charge in [0.05, 0.1) is 5.69 Å². The standard InChI is InChI=1S/C20H23FN4O2S/c1-12-15(13(2)23-20(22-12)28-3)7-9-18(26)24-14-6-8-17(16(21)11-14)25-10-4-5-19(25)27/h6,8,11H,4-5,7,9-10H2,1-3H3,(H,24,26). The molecule has 2 aromatic rings. The van der Waals surface area contributed by atoms with Crippen molar-refractivity contribution >= 4 is 35.0 Å². The fraction of sp³-hybridized carbons (Fsp3) is 0.400. The van der Waals surface area contributed by atoms with Crippen molar-refractivity contribution in [2.24, 2.45) is 0 Å². The molecule has 0 radical (unpaired) electrons. The highest BCUT2D eigenvalue weighted by Gasteiger charge is 2.24. The molecule has 28 heavy (non-hydrogen) atoms. The molecule has 0 spiro atoms. The van der Waals surface area contributed by atoms with Crippen molar-refractivity contribution in [2.75, 3.05) is 23.0 Å². The molecule has 148 valence electrons. The number of aryl methyl sites for hydroxylation is 2. The van der Waals surface area contributed by atoms with Gasteiger partial charge in [-0.2, -0.15) is 0 Å². The number of nitrogens with one attached hydrogen (secondary N) is 1. The summed E-state index contributed by atoms with van der Waals surface area (Å²) in [6.07, 6.45) is 3.86. The Bertz CT molecular complexity index is 896. The zero-order chi connectivity index (χ0) is 20.3. The molecule has 0 unspecified atom stereocenters. The van der Waals surface area contributed by atoms with E-state index < -0.39 is 5.82 Å². The normalized spacial score (nSPS) is 13.9. The summed E-state index contributed by atoms with van der Waals surface area (Å²) in [6, 6.07) is 4.41. The third kappa shape index (κ3) is 4.49. The van der Waals surface area contributed by atoms with E-state index >= 15 is 0 Å². The van der Waals surface area contributed by atoms with Crippen LogP contribution in [0.4, 0.5) is 15.8 Å². The highest BCUT2D eigenvalue weighted by molar-refractivity contribution is 7.98. The summed E-state index contributed by atoms with van der Waals surface area (Å²) in [5.74, 6) is -0.797. The first-order valence-electron chi connectivity index (χ1n) is 9.17. The van der Waals surface area contributed by atoms with Crippen LogP contribution in [0.5, 0.6) is 0 Å². The maximum Gasteiger partial charge on any atom is 0.227 e. The Morgan fingerprint density at radius 2 is 2.00 bits per heavy atom. The Balaban J connectivity index is 1.62. The Labute approximate surface area is 167 Å². The summed E-state index contributed by atoms with van der Waals surface area (Å²) >= 11 is 1.48. The van der Waals surface area contributed by atoms with E-state index in [-0.39, 0.29) is 23.9 Å². The maximum absolute atomic E-state index is 14.4. The Kier molecular flexibility index (Phi) is 6.28. The third-order valence-corrected chi connectivity index (χ3v) is 5.33. The highest BCUT2D eigenvalue weighted by atomic mass is 32.2. The molecule has 0 saturated carbocycles. The fourth-order valence-electron chi connectivity index (χ4n) is 3.33. The van der Waals surface area contributed by atoms with Gasteiger partial charge in [-0.05, 0) is 56.7 Å². The Morgan fingerprint density at radius 1 is 1.29 bits per heavy atom. The molecule has 1 aliphatic rings. The van der Waals surface area contributed by atoms with Gasteiger partial charge in [0.1, 0.15) is 5.82 Å². The summed E-state index contributed by atoms with van der Waals surface area (Å²) < 4.78 is 14.4. The van der Waals surface area contributed by atoms with Gasteiger partial charge in [0.2, 0.25) is 11.8 Å². The molecule has 1 aromatic heterocycles. The summed E-state index contributed by atoms with van der Waals surface area (Å²) in [6.45, 7) is 4.35. The first kappa shape index (κ1) is 20.3. The van der Waals surface area contributed by atoms with Crippen LogP contribution in [-0.4, -0.2) is 34.6 Å². The van der Waals surface area contributed by atoms with Crippen molar-refractivity contribution in [3.63, 3.8) is 0 Å². The van der Waals surface area contributed by atoms with Gasteiger partial charge in [0, 0.05) is 36.5 Å². The lowest BCUT2D eigenvalue weighted by molar-refractivity contribution is -0.117. The van der Waals surface area contributed by atoms with Crippen molar-refractivity contribution in [3.8, 4) is 0 Å². The number of rotatable bonds is 6. The quantitative estimate of drug-likeness (QED) is 0.590. The average molecular weight is 402 g/mol. The van der Waals surface area contributed by atoms with Gasteiger partial charge in [-0.3, -0.25) is 9.59 Å². The minimum atomic E-state index is -0.513. The molecular formula is C20H23FN4O2S. The first-order valence-corrected chi connectivity index (χ1v) is 10.4. The van der Waals surface area contributed by atoms with Crippen LogP contribution in [0.2, 0.25) is 0 Å². The van der Waals surface area contributed by atoms with Crippen LogP contribution < -0.4 is 10.2 Å². The van der Waals surface area contributed by atoms with E-state index in [2.05, 4.69) is 15.3 Å². The third-order valence-electron chi connectivity index (χ3n) is 4.78. The number of hydrogen-bond donors (Lipinski definition) is 1. The fourth-order valence-corrected chi connectivity index (χ4v) is 3.79. The second kappa shape index (κ2) is 8.68. The lowest BCUT2D eigenvalue weighted by Gasteiger charge is -2.17. The molecule has 6 nitrogen and oxygen atoms in total. The number of aromatic nitrogens is 2. The van der Waals surface area contributed by atoms with Crippen LogP contribution in [-0.2, 0) is 16.0 Å². The second-order valence-corrected chi connectivity index (χ2v) is 7.50. The van der Waals surface area contributed by atoms with Gasteiger partial charge < -0.3 is 10.2 Å². The molecule has 1 saturated heterocycles. The minimum Gasteiger partial charge on any atom is -0.326 e. The number of hydrogen-bond acceptors (Lipinski definition) is 5. The number of carbonyl (C=O) groups excluding carboxylic acids is 2. The van der Waals surface area contributed by atoms with E-state index in [0.717, 1.165) is 28.5 Å². The number of anilines is 2. The Morgan fingerprint density at radius 3 is 2.57 bits per heavy atom. The molecule has 1 aliphatic heterocycles. The van der Waals surface area contributed by atoms with Crippen LogP contribution in [0.15, 0.2) is 23.4 Å². The predicted molar refractivity (Wildman–Crippen MR) is 108 cm³/mol. The van der Waals surface area contributed by atoms with E-state index in [4.69, 9.17) is 0 Å². The van der Waals surface area contributed by atoms with Crippen molar-refractivity contribution in [2.45, 2.75) is 44.7 Å². The smallest absolute Gasteiger partial charge is 0.227 e. The van der Waals surface area contributed by atoms with Gasteiger partial charge in [-0.15, -0.1) is 0 Å². The number of thioether (sulfide) groups is 1. The minimum absolute atomic E-state index is 0.0730. The van der Waals surface area contributed by atoms with Crippen molar-refractivity contribution in [1.29, 1.82) is 0 Å². The van der Waals surface area contributed by atoms with Crippen LogP contribution in [0.1, 0.15) is 36.2 Å². The van der Waals surface area contributed by atoms with Crippen molar-refractivity contribution in [3.05, 3.63) is 41.0 Å². The number of nitrogens with zero attached hydrogens (tertiary/aromatic N) is 3. The number of halogens is 1. The molecule has 1 aromatic carbocycles. The lowest BCUT2D eigenvalue weighted by Crippen LogP contribution is -2.24. The molecule has 1 fully saturated rings.